The zero-order chi connectivity index (χ0) is 15.4. The lowest BCUT2D eigenvalue weighted by Crippen LogP contribution is -2.13. The zero-order valence-electron chi connectivity index (χ0n) is 12.1. The monoisotopic (exact) mass is 365 g/mol. The van der Waals surface area contributed by atoms with E-state index >= 15 is 0 Å². The Balaban J connectivity index is 2.25. The summed E-state index contributed by atoms with van der Waals surface area (Å²) in [6, 6.07) is 11.3. The van der Waals surface area contributed by atoms with Crippen LogP contribution in [0.2, 0.25) is 0 Å². The van der Waals surface area contributed by atoms with E-state index in [2.05, 4.69) is 21.2 Å². The van der Waals surface area contributed by atoms with E-state index in [0.29, 0.717) is 11.3 Å². The van der Waals surface area contributed by atoms with Gasteiger partial charge in [-0.25, -0.2) is 0 Å². The number of ether oxygens (including phenoxy) is 1. The van der Waals surface area contributed by atoms with Gasteiger partial charge in [-0.05, 0) is 49.1 Å². The Labute approximate surface area is 137 Å². The Morgan fingerprint density at radius 1 is 1.24 bits per heavy atom. The lowest BCUT2D eigenvalue weighted by molar-refractivity contribution is 0.102. The molecule has 0 radical (unpaired) electrons. The summed E-state index contributed by atoms with van der Waals surface area (Å²) in [5.74, 6) is 0.390. The molecule has 5 heteroatoms. The SMILES string of the molecule is COc1cc(SC)ccc1C(=O)Nc1ccc(C)c(Br)c1. The quantitative estimate of drug-likeness (QED) is 0.795. The molecule has 0 fully saturated rings. The number of anilines is 1. The van der Waals surface area contributed by atoms with Crippen molar-refractivity contribution in [2.75, 3.05) is 18.7 Å². The van der Waals surface area contributed by atoms with Gasteiger partial charge in [0.05, 0.1) is 12.7 Å². The second-order valence-electron chi connectivity index (χ2n) is 4.48. The molecular formula is C16H16BrNO2S. The van der Waals surface area contributed by atoms with Crippen LogP contribution in [0.1, 0.15) is 15.9 Å². The first-order chi connectivity index (χ1) is 10.0. The van der Waals surface area contributed by atoms with E-state index in [1.807, 2.05) is 43.5 Å². The third-order valence-electron chi connectivity index (χ3n) is 3.08. The van der Waals surface area contributed by atoms with Crippen molar-refractivity contribution in [2.24, 2.45) is 0 Å². The number of carbonyl (C=O) groups is 1. The fourth-order valence-corrected chi connectivity index (χ4v) is 2.66. The third kappa shape index (κ3) is 3.80. The van der Waals surface area contributed by atoms with Crippen LogP contribution in [0.15, 0.2) is 45.8 Å². The van der Waals surface area contributed by atoms with E-state index in [1.54, 1.807) is 24.9 Å². The summed E-state index contributed by atoms with van der Waals surface area (Å²) < 4.78 is 6.27. The Hall–Kier alpha value is -1.46. The molecule has 0 atom stereocenters. The van der Waals surface area contributed by atoms with Gasteiger partial charge >= 0.3 is 0 Å². The van der Waals surface area contributed by atoms with E-state index in [-0.39, 0.29) is 5.91 Å². The van der Waals surface area contributed by atoms with Gasteiger partial charge in [0.2, 0.25) is 0 Å². The lowest BCUT2D eigenvalue weighted by atomic mass is 10.1. The van der Waals surface area contributed by atoms with Gasteiger partial charge < -0.3 is 10.1 Å². The van der Waals surface area contributed by atoms with Gasteiger partial charge in [-0.1, -0.05) is 22.0 Å². The predicted molar refractivity (Wildman–Crippen MR) is 91.6 cm³/mol. The Kier molecular flexibility index (Phi) is 5.31. The largest absolute Gasteiger partial charge is 0.496 e. The number of benzene rings is 2. The van der Waals surface area contributed by atoms with Crippen LogP contribution < -0.4 is 10.1 Å². The Morgan fingerprint density at radius 3 is 2.62 bits per heavy atom. The Bertz CT molecular complexity index is 673. The van der Waals surface area contributed by atoms with Gasteiger partial charge in [0.25, 0.3) is 5.91 Å². The first kappa shape index (κ1) is 15.9. The summed E-state index contributed by atoms with van der Waals surface area (Å²) in [4.78, 5) is 13.4. The fraction of sp³-hybridized carbons (Fsp3) is 0.188. The van der Waals surface area contributed by atoms with E-state index in [0.717, 1.165) is 20.6 Å². The molecule has 1 amide bonds. The smallest absolute Gasteiger partial charge is 0.259 e. The average molecular weight is 366 g/mol. The van der Waals surface area contributed by atoms with Crippen LogP contribution >= 0.6 is 27.7 Å². The standard InChI is InChI=1S/C16H16BrNO2S/c1-10-4-5-11(8-14(10)17)18-16(19)13-7-6-12(21-3)9-15(13)20-2/h4-9H,1-3H3,(H,18,19). The molecule has 2 aromatic carbocycles. The molecule has 2 aromatic rings. The van der Waals surface area contributed by atoms with Crippen molar-refractivity contribution in [3.05, 3.63) is 52.0 Å². The van der Waals surface area contributed by atoms with E-state index in [9.17, 15) is 4.79 Å². The van der Waals surface area contributed by atoms with Crippen molar-refractivity contribution in [2.45, 2.75) is 11.8 Å². The van der Waals surface area contributed by atoms with E-state index in [4.69, 9.17) is 4.74 Å². The predicted octanol–water partition coefficient (Wildman–Crippen LogP) is 4.74. The molecular weight excluding hydrogens is 350 g/mol. The first-order valence-electron chi connectivity index (χ1n) is 6.34. The number of nitrogens with one attached hydrogen (secondary N) is 1. The maximum Gasteiger partial charge on any atom is 0.259 e. The normalized spacial score (nSPS) is 10.3. The number of hydrogen-bond acceptors (Lipinski definition) is 3. The molecule has 0 spiro atoms. The highest BCUT2D eigenvalue weighted by Gasteiger charge is 2.13. The Morgan fingerprint density at radius 2 is 2.00 bits per heavy atom. The van der Waals surface area contributed by atoms with Crippen LogP contribution in [0, 0.1) is 6.92 Å². The average Bonchev–Trinajstić information content (AvgIpc) is 2.50. The van der Waals surface area contributed by atoms with Crippen molar-refractivity contribution < 1.29 is 9.53 Å². The van der Waals surface area contributed by atoms with Gasteiger partial charge in [-0.15, -0.1) is 11.8 Å². The first-order valence-corrected chi connectivity index (χ1v) is 8.36. The maximum absolute atomic E-state index is 12.4. The molecule has 2 rings (SSSR count). The number of halogens is 1. The van der Waals surface area contributed by atoms with Crippen molar-refractivity contribution in [3.63, 3.8) is 0 Å². The van der Waals surface area contributed by atoms with E-state index in [1.165, 1.54) is 0 Å². The van der Waals surface area contributed by atoms with Gasteiger partial charge in [-0.2, -0.15) is 0 Å². The summed E-state index contributed by atoms with van der Waals surface area (Å²) in [5, 5.41) is 2.88. The summed E-state index contributed by atoms with van der Waals surface area (Å²) in [6.07, 6.45) is 1.98. The van der Waals surface area contributed by atoms with Gasteiger partial charge in [-0.3, -0.25) is 4.79 Å². The fourth-order valence-electron chi connectivity index (χ4n) is 1.86. The van der Waals surface area contributed by atoms with Crippen molar-refractivity contribution in [1.82, 2.24) is 0 Å². The molecule has 0 saturated heterocycles. The summed E-state index contributed by atoms with van der Waals surface area (Å²) in [7, 11) is 1.57. The molecule has 0 unspecified atom stereocenters. The molecule has 0 aliphatic heterocycles. The molecule has 3 nitrogen and oxygen atoms in total. The molecule has 0 aromatic heterocycles. The minimum atomic E-state index is -0.185. The second kappa shape index (κ2) is 7.00. The zero-order valence-corrected chi connectivity index (χ0v) is 14.5. The molecule has 0 heterocycles. The molecule has 0 bridgehead atoms. The summed E-state index contributed by atoms with van der Waals surface area (Å²) >= 11 is 5.07. The molecule has 1 N–H and O–H groups in total. The van der Waals surface area contributed by atoms with Crippen LogP contribution in [-0.4, -0.2) is 19.3 Å². The van der Waals surface area contributed by atoms with Gasteiger partial charge in [0.15, 0.2) is 0 Å². The number of hydrogen-bond donors (Lipinski definition) is 1. The van der Waals surface area contributed by atoms with Gasteiger partial charge in [0.1, 0.15) is 5.75 Å². The number of thioether (sulfide) groups is 1. The number of carbonyl (C=O) groups excluding carboxylic acids is 1. The highest BCUT2D eigenvalue weighted by Crippen LogP contribution is 2.27. The number of aryl methyl sites for hydroxylation is 1. The van der Waals surface area contributed by atoms with Crippen LogP contribution in [-0.2, 0) is 0 Å². The highest BCUT2D eigenvalue weighted by atomic mass is 79.9. The molecule has 0 aliphatic carbocycles. The van der Waals surface area contributed by atoms with Crippen LogP contribution in [0.3, 0.4) is 0 Å². The molecule has 0 saturated carbocycles. The maximum atomic E-state index is 12.4. The van der Waals surface area contributed by atoms with Crippen LogP contribution in [0.4, 0.5) is 5.69 Å². The molecule has 0 aliphatic rings. The topological polar surface area (TPSA) is 38.3 Å². The minimum Gasteiger partial charge on any atom is -0.496 e. The summed E-state index contributed by atoms with van der Waals surface area (Å²) in [6.45, 7) is 2.00. The third-order valence-corrected chi connectivity index (χ3v) is 4.66. The molecule has 110 valence electrons. The van der Waals surface area contributed by atoms with Crippen LogP contribution in [0.25, 0.3) is 0 Å². The van der Waals surface area contributed by atoms with Crippen LogP contribution in [0.5, 0.6) is 5.75 Å². The number of methoxy groups -OCH3 is 1. The highest BCUT2D eigenvalue weighted by molar-refractivity contribution is 9.10. The van der Waals surface area contributed by atoms with Crippen molar-refractivity contribution in [3.8, 4) is 5.75 Å². The minimum absolute atomic E-state index is 0.185. The lowest BCUT2D eigenvalue weighted by Gasteiger charge is -2.11. The van der Waals surface area contributed by atoms with Gasteiger partial charge in [0, 0.05) is 15.1 Å². The number of rotatable bonds is 4. The number of amides is 1. The van der Waals surface area contributed by atoms with Crippen molar-refractivity contribution >= 4 is 39.3 Å². The second-order valence-corrected chi connectivity index (χ2v) is 6.22. The molecule has 21 heavy (non-hydrogen) atoms. The summed E-state index contributed by atoms with van der Waals surface area (Å²) in [5.41, 5.74) is 2.38. The van der Waals surface area contributed by atoms with E-state index < -0.39 is 0 Å². The van der Waals surface area contributed by atoms with Crippen molar-refractivity contribution in [1.29, 1.82) is 0 Å².